The van der Waals surface area contributed by atoms with E-state index in [4.69, 9.17) is 10.1 Å². The van der Waals surface area contributed by atoms with E-state index in [-0.39, 0.29) is 6.42 Å². The molecule has 0 spiro atoms. The largest absolute Gasteiger partial charge is 0.481 e. The maximum atomic E-state index is 11.1. The van der Waals surface area contributed by atoms with E-state index in [1.165, 1.54) is 11.3 Å². The molecule has 0 amide bonds. The molecule has 0 bridgehead atoms. The smallest absolute Gasteiger partial charge is 0.308 e. The second kappa shape index (κ2) is 6.12. The molecule has 0 aliphatic carbocycles. The SMILES string of the molecule is Cc1ccccc1-c1nc(-c2ccccc2)c(CC(=O)O)s1. The van der Waals surface area contributed by atoms with Crippen molar-refractivity contribution >= 4 is 17.3 Å². The van der Waals surface area contributed by atoms with E-state index in [2.05, 4.69) is 0 Å². The fraction of sp³-hybridized carbons (Fsp3) is 0.111. The lowest BCUT2D eigenvalue weighted by atomic mass is 10.1. The van der Waals surface area contributed by atoms with Crippen LogP contribution in [0, 0.1) is 6.92 Å². The van der Waals surface area contributed by atoms with Gasteiger partial charge in [-0.05, 0) is 12.5 Å². The summed E-state index contributed by atoms with van der Waals surface area (Å²) >= 11 is 1.46. The lowest BCUT2D eigenvalue weighted by Gasteiger charge is -2.00. The van der Waals surface area contributed by atoms with Crippen molar-refractivity contribution in [1.82, 2.24) is 4.98 Å². The van der Waals surface area contributed by atoms with Crippen LogP contribution >= 0.6 is 11.3 Å². The highest BCUT2D eigenvalue weighted by Gasteiger charge is 2.17. The predicted octanol–water partition coefficient (Wildman–Crippen LogP) is 4.41. The standard InChI is InChI=1S/C18H15NO2S/c1-12-7-5-6-10-14(12)18-19-17(13-8-3-2-4-9-13)15(22-18)11-16(20)21/h2-10H,11H2,1H3,(H,20,21). The molecule has 3 aromatic rings. The van der Waals surface area contributed by atoms with Gasteiger partial charge in [-0.2, -0.15) is 0 Å². The first-order chi connectivity index (χ1) is 10.6. The van der Waals surface area contributed by atoms with Gasteiger partial charge in [-0.3, -0.25) is 4.79 Å². The summed E-state index contributed by atoms with van der Waals surface area (Å²) < 4.78 is 0. The minimum absolute atomic E-state index is 0.00618. The third-order valence-corrected chi connectivity index (χ3v) is 4.52. The monoisotopic (exact) mass is 309 g/mol. The molecular weight excluding hydrogens is 294 g/mol. The molecule has 0 aliphatic rings. The van der Waals surface area contributed by atoms with Crippen LogP contribution < -0.4 is 0 Å². The molecule has 1 aromatic heterocycles. The first kappa shape index (κ1) is 14.5. The molecule has 1 heterocycles. The maximum absolute atomic E-state index is 11.1. The van der Waals surface area contributed by atoms with E-state index in [0.717, 1.165) is 32.3 Å². The van der Waals surface area contributed by atoms with Crippen molar-refractivity contribution in [3.8, 4) is 21.8 Å². The highest BCUT2D eigenvalue weighted by Crippen LogP contribution is 2.35. The van der Waals surface area contributed by atoms with Gasteiger partial charge in [0.1, 0.15) is 5.01 Å². The first-order valence-corrected chi connectivity index (χ1v) is 7.79. The second-order valence-electron chi connectivity index (χ2n) is 5.04. The summed E-state index contributed by atoms with van der Waals surface area (Å²) in [6.45, 7) is 2.04. The Labute approximate surface area is 132 Å². The first-order valence-electron chi connectivity index (χ1n) is 6.98. The van der Waals surface area contributed by atoms with Gasteiger partial charge in [-0.1, -0.05) is 54.6 Å². The number of rotatable bonds is 4. The molecular formula is C18H15NO2S. The zero-order chi connectivity index (χ0) is 15.5. The van der Waals surface area contributed by atoms with E-state index in [1.807, 2.05) is 61.5 Å². The molecule has 110 valence electrons. The van der Waals surface area contributed by atoms with E-state index >= 15 is 0 Å². The highest BCUT2D eigenvalue weighted by molar-refractivity contribution is 7.15. The average Bonchev–Trinajstić information content (AvgIpc) is 2.91. The van der Waals surface area contributed by atoms with Crippen molar-refractivity contribution in [2.75, 3.05) is 0 Å². The third kappa shape index (κ3) is 2.92. The number of carboxylic acid groups (broad SMARTS) is 1. The Kier molecular flexibility index (Phi) is 4.02. The molecule has 0 radical (unpaired) electrons. The number of carboxylic acids is 1. The predicted molar refractivity (Wildman–Crippen MR) is 89.1 cm³/mol. The quantitative estimate of drug-likeness (QED) is 0.776. The Hall–Kier alpha value is -2.46. The molecule has 22 heavy (non-hydrogen) atoms. The summed E-state index contributed by atoms with van der Waals surface area (Å²) in [4.78, 5) is 16.7. The Morgan fingerprint density at radius 3 is 2.45 bits per heavy atom. The fourth-order valence-electron chi connectivity index (χ4n) is 2.36. The number of hydrogen-bond donors (Lipinski definition) is 1. The van der Waals surface area contributed by atoms with E-state index in [0.29, 0.717) is 0 Å². The van der Waals surface area contributed by atoms with Crippen molar-refractivity contribution in [3.05, 3.63) is 65.0 Å². The van der Waals surface area contributed by atoms with Crippen LogP contribution in [0.3, 0.4) is 0 Å². The molecule has 4 heteroatoms. The van der Waals surface area contributed by atoms with Crippen molar-refractivity contribution in [3.63, 3.8) is 0 Å². The Balaban J connectivity index is 2.13. The Morgan fingerprint density at radius 2 is 1.77 bits per heavy atom. The zero-order valence-corrected chi connectivity index (χ0v) is 12.9. The fourth-order valence-corrected chi connectivity index (χ4v) is 3.52. The third-order valence-electron chi connectivity index (χ3n) is 3.43. The summed E-state index contributed by atoms with van der Waals surface area (Å²) in [7, 11) is 0. The van der Waals surface area contributed by atoms with Crippen molar-refractivity contribution < 1.29 is 9.90 Å². The lowest BCUT2D eigenvalue weighted by molar-refractivity contribution is -0.136. The molecule has 0 fully saturated rings. The molecule has 0 saturated carbocycles. The summed E-state index contributed by atoms with van der Waals surface area (Å²) in [5, 5.41) is 10.0. The molecule has 0 unspecified atom stereocenters. The van der Waals surface area contributed by atoms with Gasteiger partial charge >= 0.3 is 5.97 Å². The van der Waals surface area contributed by atoms with Crippen LogP contribution in [0.5, 0.6) is 0 Å². The van der Waals surface area contributed by atoms with Crippen molar-refractivity contribution in [2.24, 2.45) is 0 Å². The van der Waals surface area contributed by atoms with Crippen LogP contribution in [0.2, 0.25) is 0 Å². The van der Waals surface area contributed by atoms with Crippen LogP contribution in [0.25, 0.3) is 21.8 Å². The van der Waals surface area contributed by atoms with Gasteiger partial charge < -0.3 is 5.11 Å². The number of nitrogens with zero attached hydrogens (tertiary/aromatic N) is 1. The number of hydrogen-bond acceptors (Lipinski definition) is 3. The van der Waals surface area contributed by atoms with E-state index in [9.17, 15) is 4.79 Å². The molecule has 3 nitrogen and oxygen atoms in total. The number of aromatic nitrogens is 1. The van der Waals surface area contributed by atoms with Gasteiger partial charge in [-0.25, -0.2) is 4.98 Å². The Morgan fingerprint density at radius 1 is 1.09 bits per heavy atom. The van der Waals surface area contributed by atoms with Crippen LogP contribution in [0.1, 0.15) is 10.4 Å². The summed E-state index contributed by atoms with van der Waals surface area (Å²) in [6.07, 6.45) is -0.00618. The molecule has 0 aliphatic heterocycles. The highest BCUT2D eigenvalue weighted by atomic mass is 32.1. The van der Waals surface area contributed by atoms with Gasteiger partial charge in [0.15, 0.2) is 0 Å². The minimum Gasteiger partial charge on any atom is -0.481 e. The zero-order valence-electron chi connectivity index (χ0n) is 12.1. The van der Waals surface area contributed by atoms with Gasteiger partial charge in [0.05, 0.1) is 12.1 Å². The number of thiazole rings is 1. The number of aryl methyl sites for hydroxylation is 1. The van der Waals surface area contributed by atoms with Crippen LogP contribution in [0.15, 0.2) is 54.6 Å². The second-order valence-corrected chi connectivity index (χ2v) is 6.13. The summed E-state index contributed by atoms with van der Waals surface area (Å²) in [5.74, 6) is -0.836. The van der Waals surface area contributed by atoms with Gasteiger partial charge in [0.2, 0.25) is 0 Å². The average molecular weight is 309 g/mol. The van der Waals surface area contributed by atoms with E-state index in [1.54, 1.807) is 0 Å². The van der Waals surface area contributed by atoms with Crippen LogP contribution in [-0.2, 0) is 11.2 Å². The molecule has 0 saturated heterocycles. The number of carbonyl (C=O) groups is 1. The molecule has 0 atom stereocenters. The van der Waals surface area contributed by atoms with Gasteiger partial charge in [0.25, 0.3) is 0 Å². The molecule has 3 rings (SSSR count). The van der Waals surface area contributed by atoms with Gasteiger partial charge in [-0.15, -0.1) is 11.3 Å². The number of aliphatic carboxylic acids is 1. The van der Waals surface area contributed by atoms with Crippen molar-refractivity contribution in [2.45, 2.75) is 13.3 Å². The van der Waals surface area contributed by atoms with Crippen LogP contribution in [-0.4, -0.2) is 16.1 Å². The normalized spacial score (nSPS) is 10.6. The molecule has 2 aromatic carbocycles. The van der Waals surface area contributed by atoms with E-state index < -0.39 is 5.97 Å². The van der Waals surface area contributed by atoms with Gasteiger partial charge in [0, 0.05) is 16.0 Å². The summed E-state index contributed by atoms with van der Waals surface area (Å²) in [6, 6.07) is 17.8. The van der Waals surface area contributed by atoms with Crippen LogP contribution in [0.4, 0.5) is 0 Å². The summed E-state index contributed by atoms with van der Waals surface area (Å²) in [5.41, 5.74) is 3.92. The maximum Gasteiger partial charge on any atom is 0.308 e. The number of benzene rings is 2. The minimum atomic E-state index is -0.836. The topological polar surface area (TPSA) is 50.2 Å². The lowest BCUT2D eigenvalue weighted by Crippen LogP contribution is -1.99. The molecule has 1 N–H and O–H groups in total. The van der Waals surface area contributed by atoms with Crippen molar-refractivity contribution in [1.29, 1.82) is 0 Å². The Bertz CT molecular complexity index is 809.